The average Bonchev–Trinajstić information content (AvgIpc) is 1.62. The van der Waals surface area contributed by atoms with Gasteiger partial charge in [0.05, 0.1) is 0 Å². The molecule has 0 bridgehead atoms. The number of hydrogen-bond donors (Lipinski definition) is 0. The van der Waals surface area contributed by atoms with Gasteiger partial charge in [-0.2, -0.15) is 0 Å². The Hall–Kier alpha value is -0.330. The molecular formula is C8H18N+. The van der Waals surface area contributed by atoms with Crippen molar-refractivity contribution in [2.75, 3.05) is 13.6 Å². The van der Waals surface area contributed by atoms with Crippen molar-refractivity contribution in [1.29, 1.82) is 0 Å². The van der Waals surface area contributed by atoms with Crippen molar-refractivity contribution in [2.24, 2.45) is 5.41 Å². The minimum atomic E-state index is 0.418. The normalized spacial score (nSPS) is 14.1. The molecule has 0 fully saturated rings. The highest BCUT2D eigenvalue weighted by Crippen LogP contribution is 2.11. The molecule has 1 heteroatoms. The van der Waals surface area contributed by atoms with Gasteiger partial charge in [-0.25, -0.2) is 4.58 Å². The maximum Gasteiger partial charge on any atom is 0.147 e. The van der Waals surface area contributed by atoms with Crippen molar-refractivity contribution >= 4 is 6.21 Å². The van der Waals surface area contributed by atoms with Crippen LogP contribution in [0.1, 0.15) is 27.7 Å². The Bertz CT molecular complexity index is 106. The molecule has 0 aliphatic rings. The van der Waals surface area contributed by atoms with Crippen molar-refractivity contribution in [3.05, 3.63) is 0 Å². The third-order valence-corrected chi connectivity index (χ3v) is 1.16. The first kappa shape index (κ1) is 8.67. The van der Waals surface area contributed by atoms with Crippen LogP contribution >= 0.6 is 0 Å². The molecule has 0 atom stereocenters. The summed E-state index contributed by atoms with van der Waals surface area (Å²) in [6.45, 7) is 9.92. The van der Waals surface area contributed by atoms with Crippen LogP contribution in [0.2, 0.25) is 0 Å². The first-order valence-electron chi connectivity index (χ1n) is 3.45. The fourth-order valence-corrected chi connectivity index (χ4v) is 0.839. The molecule has 0 unspecified atom stereocenters. The van der Waals surface area contributed by atoms with E-state index in [4.69, 9.17) is 0 Å². The van der Waals surface area contributed by atoms with E-state index in [2.05, 4.69) is 45.5 Å². The van der Waals surface area contributed by atoms with Crippen LogP contribution in [0, 0.1) is 5.41 Å². The second-order valence-corrected chi connectivity index (χ2v) is 3.73. The van der Waals surface area contributed by atoms with Gasteiger partial charge in [-0.1, -0.05) is 20.8 Å². The van der Waals surface area contributed by atoms with E-state index in [1.807, 2.05) is 0 Å². The average molecular weight is 128 g/mol. The lowest BCUT2D eigenvalue weighted by Gasteiger charge is -2.13. The maximum absolute atomic E-state index is 2.24. The lowest BCUT2D eigenvalue weighted by molar-refractivity contribution is -0.507. The van der Waals surface area contributed by atoms with Crippen molar-refractivity contribution < 1.29 is 4.58 Å². The van der Waals surface area contributed by atoms with E-state index in [1.54, 1.807) is 0 Å². The van der Waals surface area contributed by atoms with E-state index in [-0.39, 0.29) is 0 Å². The summed E-state index contributed by atoms with van der Waals surface area (Å²) in [7, 11) is 2.10. The molecule has 54 valence electrons. The lowest BCUT2D eigenvalue weighted by atomic mass is 9.97. The van der Waals surface area contributed by atoms with Gasteiger partial charge in [0.2, 0.25) is 0 Å². The molecule has 0 spiro atoms. The summed E-state index contributed by atoms with van der Waals surface area (Å²) in [6.07, 6.45) is 2.10. The molecule has 0 N–H and O–H groups in total. The molecule has 0 saturated carbocycles. The van der Waals surface area contributed by atoms with Gasteiger partial charge in [0.25, 0.3) is 0 Å². The van der Waals surface area contributed by atoms with Crippen LogP contribution < -0.4 is 0 Å². The van der Waals surface area contributed by atoms with Crippen LogP contribution in [0.4, 0.5) is 0 Å². The molecular weight excluding hydrogens is 110 g/mol. The van der Waals surface area contributed by atoms with E-state index in [9.17, 15) is 0 Å². The van der Waals surface area contributed by atoms with Gasteiger partial charge in [-0.05, 0) is 0 Å². The van der Waals surface area contributed by atoms with Crippen LogP contribution in [-0.4, -0.2) is 24.4 Å². The van der Waals surface area contributed by atoms with E-state index in [0.29, 0.717) is 5.41 Å². The SMILES string of the molecule is CC=[N+](C)CC(C)(C)C. The monoisotopic (exact) mass is 128 g/mol. The second-order valence-electron chi connectivity index (χ2n) is 3.73. The molecule has 0 aromatic carbocycles. The second kappa shape index (κ2) is 3.00. The summed E-state index contributed by atoms with van der Waals surface area (Å²) >= 11 is 0. The van der Waals surface area contributed by atoms with Crippen LogP contribution in [0.5, 0.6) is 0 Å². The third-order valence-electron chi connectivity index (χ3n) is 1.16. The van der Waals surface area contributed by atoms with Gasteiger partial charge in [-0.15, -0.1) is 0 Å². The summed E-state index contributed by atoms with van der Waals surface area (Å²) < 4.78 is 2.21. The zero-order valence-corrected chi connectivity index (χ0v) is 7.23. The van der Waals surface area contributed by atoms with Crippen LogP contribution in [0.25, 0.3) is 0 Å². The summed E-state index contributed by atoms with van der Waals surface area (Å²) in [4.78, 5) is 0. The van der Waals surface area contributed by atoms with E-state index in [1.165, 1.54) is 0 Å². The largest absolute Gasteiger partial charge is 0.242 e. The predicted octanol–water partition coefficient (Wildman–Crippen LogP) is 1.77. The van der Waals surface area contributed by atoms with E-state index < -0.39 is 0 Å². The topological polar surface area (TPSA) is 3.01 Å². The third kappa shape index (κ3) is 5.54. The van der Waals surface area contributed by atoms with Crippen LogP contribution in [0.3, 0.4) is 0 Å². The Morgan fingerprint density at radius 3 is 1.89 bits per heavy atom. The number of rotatable bonds is 1. The number of nitrogens with zero attached hydrogens (tertiary/aromatic N) is 1. The van der Waals surface area contributed by atoms with Crippen molar-refractivity contribution in [3.63, 3.8) is 0 Å². The fraction of sp³-hybridized carbons (Fsp3) is 0.875. The van der Waals surface area contributed by atoms with E-state index in [0.717, 1.165) is 6.54 Å². The van der Waals surface area contributed by atoms with Gasteiger partial charge in [0.1, 0.15) is 19.8 Å². The van der Waals surface area contributed by atoms with Gasteiger partial charge in [0.15, 0.2) is 0 Å². The smallest absolute Gasteiger partial charge is 0.147 e. The van der Waals surface area contributed by atoms with Gasteiger partial charge >= 0.3 is 0 Å². The Morgan fingerprint density at radius 1 is 1.33 bits per heavy atom. The Morgan fingerprint density at radius 2 is 1.78 bits per heavy atom. The summed E-state index contributed by atoms with van der Waals surface area (Å²) in [6, 6.07) is 0. The zero-order chi connectivity index (χ0) is 7.49. The molecule has 0 radical (unpaired) electrons. The molecule has 0 aliphatic carbocycles. The highest BCUT2D eigenvalue weighted by molar-refractivity contribution is 5.46. The van der Waals surface area contributed by atoms with Gasteiger partial charge < -0.3 is 0 Å². The zero-order valence-electron chi connectivity index (χ0n) is 7.23. The fourth-order valence-electron chi connectivity index (χ4n) is 0.839. The van der Waals surface area contributed by atoms with Crippen LogP contribution in [-0.2, 0) is 0 Å². The van der Waals surface area contributed by atoms with Crippen LogP contribution in [0.15, 0.2) is 0 Å². The standard InChI is InChI=1S/C8H18N/c1-6-9(5)7-8(2,3)4/h6H,7H2,1-5H3/q+1. The minimum Gasteiger partial charge on any atom is -0.242 e. The summed E-state index contributed by atoms with van der Waals surface area (Å²) in [5, 5.41) is 0. The van der Waals surface area contributed by atoms with E-state index >= 15 is 0 Å². The molecule has 0 rings (SSSR count). The highest BCUT2D eigenvalue weighted by Gasteiger charge is 2.14. The quantitative estimate of drug-likeness (QED) is 0.374. The Kier molecular flexibility index (Phi) is 2.89. The molecule has 0 aromatic heterocycles. The maximum atomic E-state index is 2.24. The molecule has 0 aromatic rings. The first-order valence-corrected chi connectivity index (χ1v) is 3.45. The van der Waals surface area contributed by atoms with Gasteiger partial charge in [0, 0.05) is 12.3 Å². The van der Waals surface area contributed by atoms with Crippen molar-refractivity contribution in [2.45, 2.75) is 27.7 Å². The Labute approximate surface area is 58.4 Å². The first-order chi connectivity index (χ1) is 3.95. The molecule has 0 saturated heterocycles. The Balaban J connectivity index is 3.75. The number of hydrogen-bond acceptors (Lipinski definition) is 0. The molecule has 0 amide bonds. The lowest BCUT2D eigenvalue weighted by Crippen LogP contribution is -2.21. The molecule has 0 aliphatic heterocycles. The molecule has 0 heterocycles. The highest BCUT2D eigenvalue weighted by atomic mass is 15.0. The van der Waals surface area contributed by atoms with Gasteiger partial charge in [-0.3, -0.25) is 0 Å². The van der Waals surface area contributed by atoms with Crippen molar-refractivity contribution in [1.82, 2.24) is 0 Å². The predicted molar refractivity (Wildman–Crippen MR) is 42.2 cm³/mol. The molecule has 1 nitrogen and oxygen atoms in total. The summed E-state index contributed by atoms with van der Waals surface area (Å²) in [5.74, 6) is 0. The summed E-state index contributed by atoms with van der Waals surface area (Å²) in [5.41, 5.74) is 0.418. The minimum absolute atomic E-state index is 0.418. The van der Waals surface area contributed by atoms with Crippen molar-refractivity contribution in [3.8, 4) is 0 Å². The molecule has 9 heavy (non-hydrogen) atoms.